The molecule has 3 aliphatic rings. The van der Waals surface area contributed by atoms with Crippen LogP contribution in [0.5, 0.6) is 5.75 Å². The lowest BCUT2D eigenvalue weighted by atomic mass is 10.0. The third kappa shape index (κ3) is 4.69. The van der Waals surface area contributed by atoms with Crippen LogP contribution in [0.1, 0.15) is 56.6 Å². The molecule has 0 spiro atoms. The summed E-state index contributed by atoms with van der Waals surface area (Å²) < 4.78 is 5.67. The first-order valence-electron chi connectivity index (χ1n) is 10.4. The maximum Gasteiger partial charge on any atom is 0.315 e. The first-order valence-corrected chi connectivity index (χ1v) is 10.8. The number of amides is 2. The molecule has 0 bridgehead atoms. The van der Waals surface area contributed by atoms with E-state index in [2.05, 4.69) is 15.5 Å². The Kier molecular flexibility index (Phi) is 6.08. The number of rotatable bonds is 4. The number of nitrogens with zero attached hydrogens (tertiary/aromatic N) is 1. The van der Waals surface area contributed by atoms with Crippen LogP contribution in [0.15, 0.2) is 18.2 Å². The van der Waals surface area contributed by atoms with E-state index in [1.807, 2.05) is 18.2 Å². The molecule has 2 amide bonds. The van der Waals surface area contributed by atoms with E-state index in [-0.39, 0.29) is 18.1 Å². The number of carbonyl (C=O) groups is 1. The number of ether oxygens (including phenoxy) is 1. The predicted molar refractivity (Wildman–Crippen MR) is 107 cm³/mol. The van der Waals surface area contributed by atoms with E-state index >= 15 is 0 Å². The molecule has 1 aromatic rings. The Morgan fingerprint density at radius 2 is 1.89 bits per heavy atom. The number of urea groups is 1. The van der Waals surface area contributed by atoms with Crippen LogP contribution in [-0.4, -0.2) is 43.2 Å². The summed E-state index contributed by atoms with van der Waals surface area (Å²) in [5.74, 6) is 1.61. The van der Waals surface area contributed by atoms with Crippen molar-refractivity contribution in [2.24, 2.45) is 5.92 Å². The Hall–Kier alpha value is -1.46. The van der Waals surface area contributed by atoms with E-state index in [0.29, 0.717) is 17.4 Å². The highest BCUT2D eigenvalue weighted by atomic mass is 35.5. The SMILES string of the molecule is O=C(NC1CCN(CC2CCCC2)CC1)NC1CCOc2c(Cl)cccc21. The van der Waals surface area contributed by atoms with E-state index in [0.717, 1.165) is 43.8 Å². The van der Waals surface area contributed by atoms with E-state index in [4.69, 9.17) is 16.3 Å². The van der Waals surface area contributed by atoms with Crippen molar-refractivity contribution in [1.29, 1.82) is 0 Å². The second kappa shape index (κ2) is 8.70. The van der Waals surface area contributed by atoms with Gasteiger partial charge in [-0.05, 0) is 37.7 Å². The van der Waals surface area contributed by atoms with Crippen LogP contribution in [0.2, 0.25) is 5.02 Å². The van der Waals surface area contributed by atoms with Gasteiger partial charge in [0.05, 0.1) is 17.7 Å². The molecule has 1 unspecified atom stereocenters. The van der Waals surface area contributed by atoms with Gasteiger partial charge in [-0.25, -0.2) is 4.79 Å². The minimum absolute atomic E-state index is 0.0464. The van der Waals surface area contributed by atoms with E-state index in [1.54, 1.807) is 0 Å². The monoisotopic (exact) mass is 391 g/mol. The van der Waals surface area contributed by atoms with Gasteiger partial charge in [-0.1, -0.05) is 36.6 Å². The highest BCUT2D eigenvalue weighted by Gasteiger charge is 2.27. The average molecular weight is 392 g/mol. The Bertz CT molecular complexity index is 655. The standard InChI is InChI=1S/C21H30ClN3O2/c22-18-7-3-6-17-19(10-13-27-20(17)18)24-21(26)23-16-8-11-25(12-9-16)14-15-4-1-2-5-15/h3,6-7,15-16,19H,1-2,4-5,8-14H2,(H2,23,24,26). The van der Waals surface area contributed by atoms with Crippen LogP contribution in [0.3, 0.4) is 0 Å². The third-order valence-electron chi connectivity index (χ3n) is 6.25. The van der Waals surface area contributed by atoms with Gasteiger partial charge in [0, 0.05) is 37.7 Å². The van der Waals surface area contributed by atoms with Crippen LogP contribution in [0, 0.1) is 5.92 Å². The number of hydrogen-bond acceptors (Lipinski definition) is 3. The molecule has 148 valence electrons. The van der Waals surface area contributed by atoms with Crippen LogP contribution in [0.4, 0.5) is 4.79 Å². The number of fused-ring (bicyclic) bond motifs is 1. The molecule has 1 aliphatic carbocycles. The number of likely N-dealkylation sites (tertiary alicyclic amines) is 1. The fourth-order valence-corrected chi connectivity index (χ4v) is 4.98. The number of hydrogen-bond donors (Lipinski definition) is 2. The largest absolute Gasteiger partial charge is 0.492 e. The summed E-state index contributed by atoms with van der Waals surface area (Å²) in [6, 6.07) is 5.85. The fourth-order valence-electron chi connectivity index (χ4n) is 4.74. The molecule has 2 N–H and O–H groups in total. The summed E-state index contributed by atoms with van der Waals surface area (Å²) in [4.78, 5) is 15.1. The van der Waals surface area contributed by atoms with Gasteiger partial charge in [-0.2, -0.15) is 0 Å². The molecule has 1 saturated carbocycles. The van der Waals surface area contributed by atoms with Gasteiger partial charge >= 0.3 is 6.03 Å². The van der Waals surface area contributed by atoms with E-state index in [9.17, 15) is 4.79 Å². The molecular weight excluding hydrogens is 362 g/mol. The molecule has 1 atom stereocenters. The highest BCUT2D eigenvalue weighted by Crippen LogP contribution is 2.37. The fraction of sp³-hybridized carbons (Fsp3) is 0.667. The van der Waals surface area contributed by atoms with Crippen LogP contribution >= 0.6 is 11.6 Å². The van der Waals surface area contributed by atoms with Crippen molar-refractivity contribution in [1.82, 2.24) is 15.5 Å². The van der Waals surface area contributed by atoms with Gasteiger partial charge in [0.2, 0.25) is 0 Å². The summed E-state index contributed by atoms with van der Waals surface area (Å²) in [6.45, 7) is 4.01. The second-order valence-electron chi connectivity index (χ2n) is 8.19. The van der Waals surface area contributed by atoms with Crippen LogP contribution < -0.4 is 15.4 Å². The van der Waals surface area contributed by atoms with Crippen molar-refractivity contribution >= 4 is 17.6 Å². The summed E-state index contributed by atoms with van der Waals surface area (Å²) in [6.07, 6.45) is 8.45. The summed E-state index contributed by atoms with van der Waals surface area (Å²) in [5, 5.41) is 6.90. The third-order valence-corrected chi connectivity index (χ3v) is 6.54. The van der Waals surface area contributed by atoms with E-state index in [1.165, 1.54) is 32.2 Å². The maximum absolute atomic E-state index is 12.5. The van der Waals surface area contributed by atoms with Gasteiger partial charge in [0.25, 0.3) is 0 Å². The highest BCUT2D eigenvalue weighted by molar-refractivity contribution is 6.32. The Labute approximate surface area is 166 Å². The molecule has 27 heavy (non-hydrogen) atoms. The van der Waals surface area contributed by atoms with Gasteiger partial charge < -0.3 is 20.3 Å². The molecule has 0 radical (unpaired) electrons. The quantitative estimate of drug-likeness (QED) is 0.811. The summed E-state index contributed by atoms with van der Waals surface area (Å²) in [5.41, 5.74) is 0.968. The first kappa shape index (κ1) is 18.9. The lowest BCUT2D eigenvalue weighted by Crippen LogP contribution is -2.49. The number of piperidine rings is 1. The van der Waals surface area contributed by atoms with E-state index < -0.39 is 0 Å². The number of benzene rings is 1. The lowest BCUT2D eigenvalue weighted by molar-refractivity contribution is 0.170. The zero-order chi connectivity index (χ0) is 18.6. The van der Waals surface area contributed by atoms with Crippen molar-refractivity contribution in [3.05, 3.63) is 28.8 Å². The smallest absolute Gasteiger partial charge is 0.315 e. The Morgan fingerprint density at radius 1 is 1.11 bits per heavy atom. The Balaban J connectivity index is 1.24. The number of halogens is 1. The summed E-state index contributed by atoms with van der Waals surface area (Å²) >= 11 is 6.22. The molecule has 0 aromatic heterocycles. The molecule has 1 aromatic carbocycles. The zero-order valence-electron chi connectivity index (χ0n) is 15.9. The zero-order valence-corrected chi connectivity index (χ0v) is 16.6. The maximum atomic E-state index is 12.5. The van der Waals surface area contributed by atoms with Crippen LogP contribution in [0.25, 0.3) is 0 Å². The molecule has 6 heteroatoms. The Morgan fingerprint density at radius 3 is 2.67 bits per heavy atom. The molecular formula is C21H30ClN3O2. The molecule has 2 fully saturated rings. The van der Waals surface area contributed by atoms with Crippen molar-refractivity contribution in [2.45, 2.75) is 57.0 Å². The topological polar surface area (TPSA) is 53.6 Å². The van der Waals surface area contributed by atoms with Gasteiger partial charge in [0.15, 0.2) is 0 Å². The number of para-hydroxylation sites is 1. The molecule has 2 aliphatic heterocycles. The molecule has 4 rings (SSSR count). The van der Waals surface area contributed by atoms with Gasteiger partial charge in [-0.3, -0.25) is 0 Å². The average Bonchev–Trinajstić information content (AvgIpc) is 3.17. The number of nitrogens with one attached hydrogen (secondary N) is 2. The molecule has 5 nitrogen and oxygen atoms in total. The summed E-state index contributed by atoms with van der Waals surface area (Å²) in [7, 11) is 0. The van der Waals surface area contributed by atoms with Crippen molar-refractivity contribution in [3.8, 4) is 5.75 Å². The van der Waals surface area contributed by atoms with Crippen molar-refractivity contribution in [2.75, 3.05) is 26.2 Å². The minimum atomic E-state index is -0.0814. The minimum Gasteiger partial charge on any atom is -0.492 e. The second-order valence-corrected chi connectivity index (χ2v) is 8.60. The number of carbonyl (C=O) groups excluding carboxylic acids is 1. The lowest BCUT2D eigenvalue weighted by Gasteiger charge is -2.34. The molecule has 2 heterocycles. The van der Waals surface area contributed by atoms with Crippen molar-refractivity contribution < 1.29 is 9.53 Å². The predicted octanol–water partition coefficient (Wildman–Crippen LogP) is 4.12. The van der Waals surface area contributed by atoms with Gasteiger partial charge in [0.1, 0.15) is 5.75 Å². The molecule has 1 saturated heterocycles. The first-order chi connectivity index (χ1) is 13.2. The van der Waals surface area contributed by atoms with Gasteiger partial charge in [-0.15, -0.1) is 0 Å². The van der Waals surface area contributed by atoms with Crippen molar-refractivity contribution in [3.63, 3.8) is 0 Å². The van der Waals surface area contributed by atoms with Crippen LogP contribution in [-0.2, 0) is 0 Å². The normalized spacial score (nSPS) is 24.3.